The largest absolute Gasteiger partial charge is 0.495 e. The maximum atomic E-state index is 12.5. The van der Waals surface area contributed by atoms with Crippen LogP contribution in [0.4, 0.5) is 5.69 Å². The van der Waals surface area contributed by atoms with E-state index in [9.17, 15) is 4.79 Å². The van der Waals surface area contributed by atoms with Crippen LogP contribution in [0.2, 0.25) is 5.02 Å². The molecule has 4 rings (SSSR count). The van der Waals surface area contributed by atoms with Gasteiger partial charge in [-0.2, -0.15) is 0 Å². The Morgan fingerprint density at radius 2 is 1.79 bits per heavy atom. The Hall–Kier alpha value is -3.42. The first-order chi connectivity index (χ1) is 16.1. The Labute approximate surface area is 208 Å². The van der Waals surface area contributed by atoms with Crippen LogP contribution in [0, 0.1) is 0 Å². The second kappa shape index (κ2) is 9.44. The van der Waals surface area contributed by atoms with Crippen molar-refractivity contribution in [2.75, 3.05) is 12.4 Å². The van der Waals surface area contributed by atoms with Crippen LogP contribution in [-0.2, 0) is 5.41 Å². The Morgan fingerprint density at radius 3 is 2.44 bits per heavy atom. The summed E-state index contributed by atoms with van der Waals surface area (Å²) in [4.78, 5) is 17.1. The van der Waals surface area contributed by atoms with E-state index in [-0.39, 0.29) is 16.4 Å². The number of amides is 1. The predicted molar refractivity (Wildman–Crippen MR) is 140 cm³/mol. The van der Waals surface area contributed by atoms with E-state index in [0.717, 1.165) is 5.56 Å². The molecule has 0 aliphatic carbocycles. The second-order valence-electron chi connectivity index (χ2n) is 8.79. The number of aromatic nitrogens is 1. The van der Waals surface area contributed by atoms with Crippen molar-refractivity contribution in [1.29, 1.82) is 0 Å². The molecule has 34 heavy (non-hydrogen) atoms. The summed E-state index contributed by atoms with van der Waals surface area (Å²) in [5.41, 5.74) is 4.59. The zero-order valence-corrected chi connectivity index (χ0v) is 20.8. The first-order valence-corrected chi connectivity index (χ1v) is 11.4. The van der Waals surface area contributed by atoms with Gasteiger partial charge in [-0.3, -0.25) is 10.1 Å². The molecule has 0 unspecified atom stereocenters. The van der Waals surface area contributed by atoms with Gasteiger partial charge < -0.3 is 14.5 Å². The lowest BCUT2D eigenvalue weighted by molar-refractivity contribution is 0.0977. The van der Waals surface area contributed by atoms with Gasteiger partial charge in [0.15, 0.2) is 10.7 Å². The van der Waals surface area contributed by atoms with Crippen LogP contribution in [0.3, 0.4) is 0 Å². The van der Waals surface area contributed by atoms with Gasteiger partial charge >= 0.3 is 0 Å². The molecule has 6 nitrogen and oxygen atoms in total. The molecular weight excluding hydrogens is 470 g/mol. The van der Waals surface area contributed by atoms with Crippen molar-refractivity contribution < 1.29 is 13.9 Å². The molecule has 0 atom stereocenters. The van der Waals surface area contributed by atoms with Crippen LogP contribution in [0.1, 0.15) is 36.7 Å². The van der Waals surface area contributed by atoms with Crippen molar-refractivity contribution in [3.8, 4) is 17.2 Å². The fourth-order valence-corrected chi connectivity index (χ4v) is 3.85. The number of carbonyl (C=O) groups excluding carboxylic acids is 1. The molecule has 0 radical (unpaired) electrons. The third-order valence-electron chi connectivity index (χ3n) is 5.28. The van der Waals surface area contributed by atoms with Gasteiger partial charge in [-0.15, -0.1) is 0 Å². The molecule has 0 spiro atoms. The summed E-state index contributed by atoms with van der Waals surface area (Å²) in [6.07, 6.45) is 0. The average molecular weight is 494 g/mol. The van der Waals surface area contributed by atoms with E-state index in [2.05, 4.69) is 48.5 Å². The summed E-state index contributed by atoms with van der Waals surface area (Å²) in [7, 11) is 1.51. The Balaban J connectivity index is 1.46. The maximum Gasteiger partial charge on any atom is 0.257 e. The average Bonchev–Trinajstić information content (AvgIpc) is 3.22. The summed E-state index contributed by atoms with van der Waals surface area (Å²) in [5, 5.41) is 6.14. The van der Waals surface area contributed by atoms with Crippen LogP contribution in [-0.4, -0.2) is 23.1 Å². The number of benzene rings is 3. The van der Waals surface area contributed by atoms with Crippen LogP contribution in [0.25, 0.3) is 22.6 Å². The molecule has 174 valence electrons. The van der Waals surface area contributed by atoms with Gasteiger partial charge in [0.25, 0.3) is 5.91 Å². The number of nitrogens with zero attached hydrogens (tertiary/aromatic N) is 1. The lowest BCUT2D eigenvalue weighted by Gasteiger charge is -2.18. The van der Waals surface area contributed by atoms with Crippen LogP contribution < -0.4 is 15.4 Å². The number of thiocarbonyl (C=S) groups is 1. The van der Waals surface area contributed by atoms with Crippen molar-refractivity contribution >= 4 is 51.6 Å². The molecular formula is C26H24ClN3O3S. The van der Waals surface area contributed by atoms with E-state index in [1.54, 1.807) is 12.1 Å². The number of ether oxygens (including phenoxy) is 1. The Bertz CT molecular complexity index is 1370. The molecule has 0 saturated heterocycles. The minimum atomic E-state index is -0.384. The number of hydrogen-bond donors (Lipinski definition) is 2. The summed E-state index contributed by atoms with van der Waals surface area (Å²) < 4.78 is 11.0. The minimum Gasteiger partial charge on any atom is -0.495 e. The molecule has 8 heteroatoms. The number of oxazole rings is 1. The number of carbonyl (C=O) groups is 1. The fraction of sp³-hybridized carbons (Fsp3) is 0.192. The van der Waals surface area contributed by atoms with Gasteiger partial charge in [0, 0.05) is 16.8 Å². The lowest BCUT2D eigenvalue weighted by Crippen LogP contribution is -2.34. The third kappa shape index (κ3) is 5.21. The number of fused-ring (bicyclic) bond motifs is 1. The van der Waals surface area contributed by atoms with E-state index in [0.29, 0.717) is 39.0 Å². The molecule has 1 heterocycles. The van der Waals surface area contributed by atoms with Crippen molar-refractivity contribution in [2.24, 2.45) is 0 Å². The van der Waals surface area contributed by atoms with Crippen molar-refractivity contribution in [3.05, 3.63) is 76.8 Å². The number of hydrogen-bond acceptors (Lipinski definition) is 5. The van der Waals surface area contributed by atoms with Gasteiger partial charge in [-0.1, -0.05) is 44.5 Å². The second-order valence-corrected chi connectivity index (χ2v) is 9.60. The molecule has 1 amide bonds. The number of anilines is 1. The minimum absolute atomic E-state index is 0.0773. The van der Waals surface area contributed by atoms with E-state index >= 15 is 0 Å². The highest BCUT2D eigenvalue weighted by Gasteiger charge is 2.15. The number of nitrogens with one attached hydrogen (secondary N) is 2. The van der Waals surface area contributed by atoms with Gasteiger partial charge in [-0.05, 0) is 71.7 Å². The van der Waals surface area contributed by atoms with Crippen LogP contribution in [0.5, 0.6) is 5.75 Å². The van der Waals surface area contributed by atoms with Gasteiger partial charge in [0.1, 0.15) is 11.3 Å². The van der Waals surface area contributed by atoms with Crippen LogP contribution in [0.15, 0.2) is 65.1 Å². The number of rotatable bonds is 4. The molecule has 1 aromatic heterocycles. The highest BCUT2D eigenvalue weighted by Crippen LogP contribution is 2.29. The van der Waals surface area contributed by atoms with Crippen molar-refractivity contribution in [3.63, 3.8) is 0 Å². The van der Waals surface area contributed by atoms with Gasteiger partial charge in [-0.25, -0.2) is 4.98 Å². The number of halogens is 1. The molecule has 0 fully saturated rings. The maximum absolute atomic E-state index is 12.5. The Kier molecular flexibility index (Phi) is 6.59. The summed E-state index contributed by atoms with van der Waals surface area (Å²) in [6.45, 7) is 6.53. The highest BCUT2D eigenvalue weighted by atomic mass is 35.5. The zero-order chi connectivity index (χ0) is 24.5. The monoisotopic (exact) mass is 493 g/mol. The SMILES string of the molecule is COc1ccc(C(=O)NC(=S)Nc2ccc3oc(-c4ccc(C(C)(C)C)cc4)nc3c2)cc1Cl. The zero-order valence-electron chi connectivity index (χ0n) is 19.2. The highest BCUT2D eigenvalue weighted by molar-refractivity contribution is 7.80. The van der Waals surface area contributed by atoms with Gasteiger partial charge in [0.2, 0.25) is 5.89 Å². The molecule has 0 aliphatic heterocycles. The first kappa shape index (κ1) is 23.7. The standard InChI is InChI=1S/C26H24ClN3O3S/c1-26(2,3)17-8-5-15(6-9-17)24-29-20-14-18(10-12-22(20)33-24)28-25(34)30-23(31)16-7-11-21(32-4)19(27)13-16/h5-14H,1-4H3,(H2,28,30,31,34). The predicted octanol–water partition coefficient (Wildman–Crippen LogP) is 6.58. The first-order valence-electron chi connectivity index (χ1n) is 10.6. The van der Waals surface area contributed by atoms with E-state index in [1.807, 2.05) is 30.3 Å². The lowest BCUT2D eigenvalue weighted by atomic mass is 9.87. The summed E-state index contributed by atoms with van der Waals surface area (Å²) in [6, 6.07) is 18.4. The van der Waals surface area contributed by atoms with Gasteiger partial charge in [0.05, 0.1) is 12.1 Å². The Morgan fingerprint density at radius 1 is 1.06 bits per heavy atom. The molecule has 0 saturated carbocycles. The van der Waals surface area contributed by atoms with E-state index in [4.69, 9.17) is 33.0 Å². The number of methoxy groups -OCH3 is 1. The van der Waals surface area contributed by atoms with Crippen molar-refractivity contribution in [1.82, 2.24) is 10.3 Å². The molecule has 4 aromatic rings. The third-order valence-corrected chi connectivity index (χ3v) is 5.78. The summed E-state index contributed by atoms with van der Waals surface area (Å²) >= 11 is 11.4. The van der Waals surface area contributed by atoms with Crippen LogP contribution >= 0.6 is 23.8 Å². The fourth-order valence-electron chi connectivity index (χ4n) is 3.39. The molecule has 2 N–H and O–H groups in total. The topological polar surface area (TPSA) is 76.4 Å². The van der Waals surface area contributed by atoms with E-state index in [1.165, 1.54) is 18.7 Å². The molecule has 3 aromatic carbocycles. The van der Waals surface area contributed by atoms with E-state index < -0.39 is 0 Å². The molecule has 0 aliphatic rings. The quantitative estimate of drug-likeness (QED) is 0.313. The van der Waals surface area contributed by atoms with Crippen molar-refractivity contribution in [2.45, 2.75) is 26.2 Å². The molecule has 0 bridgehead atoms. The summed E-state index contributed by atoms with van der Waals surface area (Å²) in [5.74, 6) is 0.648. The smallest absolute Gasteiger partial charge is 0.257 e. The normalized spacial score (nSPS) is 11.3.